The Bertz CT molecular complexity index is 745. The smallest absolute Gasteiger partial charge is 0.340 e. The maximum atomic E-state index is 13.4. The van der Waals surface area contributed by atoms with E-state index in [4.69, 9.17) is 4.74 Å². The van der Waals surface area contributed by atoms with E-state index in [9.17, 15) is 14.0 Å². The molecule has 0 aromatic heterocycles. The highest BCUT2D eigenvalue weighted by Crippen LogP contribution is 2.37. The van der Waals surface area contributed by atoms with Gasteiger partial charge in [-0.25, -0.2) is 9.18 Å². The van der Waals surface area contributed by atoms with Crippen molar-refractivity contribution in [3.8, 4) is 0 Å². The monoisotopic (exact) mass is 329 g/mol. The average Bonchev–Trinajstić information content (AvgIpc) is 3.15. The Morgan fingerprint density at radius 2 is 2.04 bits per heavy atom. The Morgan fingerprint density at radius 1 is 1.33 bits per heavy atom. The standard InChI is InChI=1S/C19H20FNO3/c1-12-17(19(23)24-2)16(11-13-6-5-7-14(20)10-13)18(22)21(12)15-8-3-4-9-15/h5-7,10-11,15H,3-4,8-9H2,1-2H3/b16-11-. The van der Waals surface area contributed by atoms with E-state index in [0.717, 1.165) is 25.7 Å². The van der Waals surface area contributed by atoms with Gasteiger partial charge in [-0.3, -0.25) is 4.79 Å². The first-order chi connectivity index (χ1) is 11.5. The van der Waals surface area contributed by atoms with Crippen molar-refractivity contribution in [1.29, 1.82) is 0 Å². The van der Waals surface area contributed by atoms with Crippen LogP contribution in [-0.2, 0) is 14.3 Å². The predicted molar refractivity (Wildman–Crippen MR) is 88.2 cm³/mol. The van der Waals surface area contributed by atoms with Gasteiger partial charge in [0.25, 0.3) is 5.91 Å². The average molecular weight is 329 g/mol. The van der Waals surface area contributed by atoms with Gasteiger partial charge in [0.2, 0.25) is 0 Å². The molecule has 4 nitrogen and oxygen atoms in total. The van der Waals surface area contributed by atoms with Crippen LogP contribution in [0.25, 0.3) is 6.08 Å². The molecule has 5 heteroatoms. The summed E-state index contributed by atoms with van der Waals surface area (Å²) in [6, 6.07) is 6.07. The molecule has 0 bridgehead atoms. The lowest BCUT2D eigenvalue weighted by molar-refractivity contribution is -0.136. The summed E-state index contributed by atoms with van der Waals surface area (Å²) in [5.74, 6) is -1.13. The molecule has 1 fully saturated rings. The van der Waals surface area contributed by atoms with Gasteiger partial charge >= 0.3 is 5.97 Å². The molecule has 0 unspecified atom stereocenters. The summed E-state index contributed by atoms with van der Waals surface area (Å²) in [6.07, 6.45) is 5.60. The number of amides is 1. The van der Waals surface area contributed by atoms with Gasteiger partial charge < -0.3 is 9.64 Å². The molecule has 1 saturated carbocycles. The summed E-state index contributed by atoms with van der Waals surface area (Å²) in [4.78, 5) is 26.9. The summed E-state index contributed by atoms with van der Waals surface area (Å²) in [5.41, 5.74) is 1.72. The number of carbonyl (C=O) groups is 2. The van der Waals surface area contributed by atoms with Crippen molar-refractivity contribution < 1.29 is 18.7 Å². The second-order valence-corrected chi connectivity index (χ2v) is 6.18. The number of halogens is 1. The van der Waals surface area contributed by atoms with Gasteiger partial charge in [0.15, 0.2) is 0 Å². The van der Waals surface area contributed by atoms with Crippen LogP contribution in [0.15, 0.2) is 41.1 Å². The Hall–Kier alpha value is -2.43. The van der Waals surface area contributed by atoms with Crippen LogP contribution < -0.4 is 0 Å². The summed E-state index contributed by atoms with van der Waals surface area (Å²) in [5, 5.41) is 0. The Kier molecular flexibility index (Phi) is 4.51. The van der Waals surface area contributed by atoms with Crippen LogP contribution in [0.3, 0.4) is 0 Å². The minimum atomic E-state index is -0.538. The number of hydrogen-bond donors (Lipinski definition) is 0. The molecule has 1 aromatic carbocycles. The van der Waals surface area contributed by atoms with Gasteiger partial charge in [-0.05, 0) is 43.5 Å². The van der Waals surface area contributed by atoms with Crippen LogP contribution >= 0.6 is 0 Å². The number of ether oxygens (including phenoxy) is 1. The second-order valence-electron chi connectivity index (χ2n) is 6.18. The van der Waals surface area contributed by atoms with Gasteiger partial charge in [0, 0.05) is 11.7 Å². The number of allylic oxidation sites excluding steroid dienone is 1. The molecule has 1 aliphatic heterocycles. The summed E-state index contributed by atoms with van der Waals surface area (Å²) in [7, 11) is 1.30. The van der Waals surface area contributed by atoms with E-state index in [1.54, 1.807) is 30.0 Å². The fourth-order valence-electron chi connectivity index (χ4n) is 3.56. The molecular formula is C19H20FNO3. The van der Waals surface area contributed by atoms with Crippen molar-refractivity contribution in [2.24, 2.45) is 0 Å². The number of esters is 1. The molecule has 1 heterocycles. The summed E-state index contributed by atoms with van der Waals surface area (Å²) >= 11 is 0. The van der Waals surface area contributed by atoms with Crippen LogP contribution in [0, 0.1) is 5.82 Å². The van der Waals surface area contributed by atoms with Gasteiger partial charge in [0.05, 0.1) is 18.3 Å². The van der Waals surface area contributed by atoms with Gasteiger partial charge in [-0.1, -0.05) is 25.0 Å². The van der Waals surface area contributed by atoms with Crippen molar-refractivity contribution >= 4 is 18.0 Å². The summed E-state index contributed by atoms with van der Waals surface area (Å²) < 4.78 is 18.3. The predicted octanol–water partition coefficient (Wildman–Crippen LogP) is 3.44. The zero-order chi connectivity index (χ0) is 17.3. The number of hydrogen-bond acceptors (Lipinski definition) is 3. The topological polar surface area (TPSA) is 46.6 Å². The normalized spacial score (nSPS) is 20.4. The molecule has 0 saturated heterocycles. The third-order valence-corrected chi connectivity index (χ3v) is 4.68. The number of rotatable bonds is 3. The van der Waals surface area contributed by atoms with Gasteiger partial charge in [0.1, 0.15) is 5.82 Å². The highest BCUT2D eigenvalue weighted by atomic mass is 19.1. The zero-order valence-corrected chi connectivity index (χ0v) is 13.8. The van der Waals surface area contributed by atoms with Crippen LogP contribution in [0.5, 0.6) is 0 Å². The lowest BCUT2D eigenvalue weighted by atomic mass is 10.0. The Balaban J connectivity index is 2.06. The van der Waals surface area contributed by atoms with Gasteiger partial charge in [-0.15, -0.1) is 0 Å². The van der Waals surface area contributed by atoms with Crippen LogP contribution in [0.2, 0.25) is 0 Å². The van der Waals surface area contributed by atoms with Crippen molar-refractivity contribution in [1.82, 2.24) is 4.90 Å². The quantitative estimate of drug-likeness (QED) is 0.630. The molecule has 24 heavy (non-hydrogen) atoms. The lowest BCUT2D eigenvalue weighted by Crippen LogP contribution is -2.34. The van der Waals surface area contributed by atoms with Crippen molar-refractivity contribution in [2.45, 2.75) is 38.6 Å². The van der Waals surface area contributed by atoms with E-state index in [-0.39, 0.29) is 28.9 Å². The highest BCUT2D eigenvalue weighted by Gasteiger charge is 2.40. The maximum Gasteiger partial charge on any atom is 0.340 e. The SMILES string of the molecule is COC(=O)C1=C(C)N(C2CCCC2)C(=O)/C1=C\c1cccc(F)c1. The Morgan fingerprint density at radius 3 is 2.67 bits per heavy atom. The molecule has 0 spiro atoms. The maximum absolute atomic E-state index is 13.4. The number of benzene rings is 1. The van der Waals surface area contributed by atoms with Gasteiger partial charge in [-0.2, -0.15) is 0 Å². The first-order valence-corrected chi connectivity index (χ1v) is 8.13. The first-order valence-electron chi connectivity index (χ1n) is 8.13. The molecule has 0 N–H and O–H groups in total. The van der Waals surface area contributed by atoms with E-state index >= 15 is 0 Å². The molecule has 1 aromatic rings. The van der Waals surface area contributed by atoms with E-state index in [1.165, 1.54) is 19.2 Å². The van der Waals surface area contributed by atoms with Crippen molar-refractivity contribution in [3.63, 3.8) is 0 Å². The minimum absolute atomic E-state index is 0.121. The zero-order valence-electron chi connectivity index (χ0n) is 13.8. The van der Waals surface area contributed by atoms with E-state index < -0.39 is 5.97 Å². The van der Waals surface area contributed by atoms with Crippen molar-refractivity contribution in [2.75, 3.05) is 7.11 Å². The molecule has 0 radical (unpaired) electrons. The van der Waals surface area contributed by atoms with E-state index in [0.29, 0.717) is 11.3 Å². The number of methoxy groups -OCH3 is 1. The number of carbonyl (C=O) groups excluding carboxylic acids is 2. The molecule has 2 aliphatic rings. The Labute approximate surface area is 140 Å². The third-order valence-electron chi connectivity index (χ3n) is 4.68. The first kappa shape index (κ1) is 16.4. The fourth-order valence-corrected chi connectivity index (χ4v) is 3.56. The molecule has 1 aliphatic carbocycles. The number of nitrogens with zero attached hydrogens (tertiary/aromatic N) is 1. The van der Waals surface area contributed by atoms with Crippen molar-refractivity contribution in [3.05, 3.63) is 52.5 Å². The van der Waals surface area contributed by atoms with Crippen LogP contribution in [0.1, 0.15) is 38.2 Å². The van der Waals surface area contributed by atoms with Crippen LogP contribution in [-0.4, -0.2) is 29.9 Å². The molecular weight excluding hydrogens is 309 g/mol. The summed E-state index contributed by atoms with van der Waals surface area (Å²) in [6.45, 7) is 1.77. The molecule has 0 atom stereocenters. The van der Waals surface area contributed by atoms with E-state index in [1.807, 2.05) is 0 Å². The molecule has 1 amide bonds. The fraction of sp³-hybridized carbons (Fsp3) is 0.368. The molecule has 3 rings (SSSR count). The van der Waals surface area contributed by atoms with Crippen LogP contribution in [0.4, 0.5) is 4.39 Å². The van der Waals surface area contributed by atoms with E-state index in [2.05, 4.69) is 0 Å². The lowest BCUT2D eigenvalue weighted by Gasteiger charge is -2.25. The third kappa shape index (κ3) is 2.86. The largest absolute Gasteiger partial charge is 0.465 e. The molecule has 126 valence electrons. The minimum Gasteiger partial charge on any atom is -0.465 e. The highest BCUT2D eigenvalue weighted by molar-refractivity contribution is 6.16. The second kappa shape index (κ2) is 6.59.